The third-order valence-corrected chi connectivity index (χ3v) is 4.10. The number of hydrogen-bond acceptors (Lipinski definition) is 1. The smallest absolute Gasteiger partial charge is 0.124 e. The Bertz CT molecular complexity index is 604. The van der Waals surface area contributed by atoms with Crippen LogP contribution < -0.4 is 0 Å². The predicted octanol–water partition coefficient (Wildman–Crippen LogP) is 4.16. The largest absolute Gasteiger partial charge is 0.384 e. The molecule has 0 bridgehead atoms. The molecule has 3 heteroatoms. The Hall–Kier alpha value is -1.19. The van der Waals surface area contributed by atoms with Crippen LogP contribution in [-0.2, 0) is 12.8 Å². The van der Waals surface area contributed by atoms with Crippen molar-refractivity contribution in [2.45, 2.75) is 25.4 Å². The minimum Gasteiger partial charge on any atom is -0.384 e. The molecule has 0 spiro atoms. The zero-order valence-corrected chi connectivity index (χ0v) is 12.0. The number of aliphatic hydroxyl groups excluding tert-OH is 1. The Morgan fingerprint density at radius 3 is 2.58 bits per heavy atom. The van der Waals surface area contributed by atoms with E-state index >= 15 is 0 Å². The van der Waals surface area contributed by atoms with Gasteiger partial charge in [0.25, 0.3) is 0 Å². The molecule has 0 radical (unpaired) electrons. The Balaban J connectivity index is 1.97. The van der Waals surface area contributed by atoms with Crippen molar-refractivity contribution in [3.8, 4) is 0 Å². The molecule has 1 unspecified atom stereocenters. The average molecular weight is 321 g/mol. The van der Waals surface area contributed by atoms with Crippen LogP contribution >= 0.6 is 15.9 Å². The van der Waals surface area contributed by atoms with Crippen LogP contribution in [0.3, 0.4) is 0 Å². The Labute approximate surface area is 120 Å². The summed E-state index contributed by atoms with van der Waals surface area (Å²) in [6.07, 6.45) is 2.60. The van der Waals surface area contributed by atoms with Gasteiger partial charge >= 0.3 is 0 Å². The predicted molar refractivity (Wildman–Crippen MR) is 76.6 cm³/mol. The molecule has 0 saturated carbocycles. The molecule has 3 rings (SSSR count). The molecule has 98 valence electrons. The highest BCUT2D eigenvalue weighted by atomic mass is 79.9. The van der Waals surface area contributed by atoms with Crippen LogP contribution in [-0.4, -0.2) is 5.11 Å². The maximum Gasteiger partial charge on any atom is 0.124 e. The van der Waals surface area contributed by atoms with Gasteiger partial charge in [-0.05, 0) is 59.7 Å². The molecule has 2 aromatic rings. The first-order valence-corrected chi connectivity index (χ1v) is 7.18. The summed E-state index contributed by atoms with van der Waals surface area (Å²) in [5.41, 5.74) is 4.09. The maximum atomic E-state index is 13.4. The summed E-state index contributed by atoms with van der Waals surface area (Å²) in [5.74, 6) is -0.343. The molecule has 0 fully saturated rings. The normalized spacial score (nSPS) is 15.3. The van der Waals surface area contributed by atoms with E-state index in [0.29, 0.717) is 10.0 Å². The molecule has 1 N–H and O–H groups in total. The number of aliphatic hydroxyl groups is 1. The van der Waals surface area contributed by atoms with Crippen LogP contribution in [0.15, 0.2) is 40.9 Å². The summed E-state index contributed by atoms with van der Waals surface area (Å²) in [5, 5.41) is 10.4. The minimum atomic E-state index is -0.780. The lowest BCUT2D eigenvalue weighted by atomic mass is 9.98. The average Bonchev–Trinajstić information content (AvgIpc) is 2.83. The van der Waals surface area contributed by atoms with E-state index in [1.165, 1.54) is 29.7 Å². The van der Waals surface area contributed by atoms with Crippen LogP contribution in [0.25, 0.3) is 0 Å². The number of hydrogen-bond donors (Lipinski definition) is 1. The highest BCUT2D eigenvalue weighted by Crippen LogP contribution is 2.29. The van der Waals surface area contributed by atoms with Gasteiger partial charge in [0.05, 0.1) is 0 Å². The monoisotopic (exact) mass is 320 g/mol. The SMILES string of the molecule is OC(c1cc(F)cc(Br)c1)c1ccc2c(c1)CCC2. The van der Waals surface area contributed by atoms with Crippen molar-refractivity contribution in [2.24, 2.45) is 0 Å². The summed E-state index contributed by atoms with van der Waals surface area (Å²) in [6, 6.07) is 10.6. The lowest BCUT2D eigenvalue weighted by Crippen LogP contribution is -2.01. The molecule has 1 aliphatic carbocycles. The quantitative estimate of drug-likeness (QED) is 0.881. The first-order chi connectivity index (χ1) is 9.13. The molecule has 0 amide bonds. The molecular formula is C16H14BrFO. The Morgan fingerprint density at radius 1 is 1.00 bits per heavy atom. The van der Waals surface area contributed by atoms with Gasteiger partial charge in [0.2, 0.25) is 0 Å². The molecule has 0 heterocycles. The third kappa shape index (κ3) is 2.58. The van der Waals surface area contributed by atoms with Crippen LogP contribution in [0.5, 0.6) is 0 Å². The van der Waals surface area contributed by atoms with Gasteiger partial charge in [0, 0.05) is 4.47 Å². The van der Waals surface area contributed by atoms with Crippen molar-refractivity contribution in [3.05, 3.63) is 68.9 Å². The van der Waals surface area contributed by atoms with Gasteiger partial charge < -0.3 is 5.11 Å². The lowest BCUT2D eigenvalue weighted by molar-refractivity contribution is 0.219. The van der Waals surface area contributed by atoms with Crippen molar-refractivity contribution in [3.63, 3.8) is 0 Å². The number of rotatable bonds is 2. The first-order valence-electron chi connectivity index (χ1n) is 6.39. The van der Waals surface area contributed by atoms with Gasteiger partial charge in [-0.2, -0.15) is 0 Å². The molecule has 19 heavy (non-hydrogen) atoms. The zero-order valence-electron chi connectivity index (χ0n) is 10.4. The van der Waals surface area contributed by atoms with E-state index < -0.39 is 6.10 Å². The fourth-order valence-electron chi connectivity index (χ4n) is 2.69. The summed E-state index contributed by atoms with van der Waals surface area (Å²) >= 11 is 3.25. The van der Waals surface area contributed by atoms with E-state index in [1.807, 2.05) is 12.1 Å². The fraction of sp³-hybridized carbons (Fsp3) is 0.250. The van der Waals surface area contributed by atoms with Crippen molar-refractivity contribution < 1.29 is 9.50 Å². The van der Waals surface area contributed by atoms with Gasteiger partial charge in [0.15, 0.2) is 0 Å². The summed E-state index contributed by atoms with van der Waals surface area (Å²) < 4.78 is 14.0. The lowest BCUT2D eigenvalue weighted by Gasteiger charge is -2.13. The van der Waals surface area contributed by atoms with E-state index in [4.69, 9.17) is 0 Å². The van der Waals surface area contributed by atoms with Gasteiger partial charge in [-0.3, -0.25) is 0 Å². The highest BCUT2D eigenvalue weighted by molar-refractivity contribution is 9.10. The van der Waals surface area contributed by atoms with E-state index in [-0.39, 0.29) is 5.82 Å². The second-order valence-electron chi connectivity index (χ2n) is 4.99. The van der Waals surface area contributed by atoms with E-state index in [1.54, 1.807) is 6.07 Å². The molecule has 1 atom stereocenters. The van der Waals surface area contributed by atoms with Crippen LogP contribution in [0.4, 0.5) is 4.39 Å². The number of fused-ring (bicyclic) bond motifs is 1. The maximum absolute atomic E-state index is 13.4. The molecule has 0 aliphatic heterocycles. The third-order valence-electron chi connectivity index (χ3n) is 3.64. The van der Waals surface area contributed by atoms with Crippen LogP contribution in [0, 0.1) is 5.82 Å². The number of aryl methyl sites for hydroxylation is 2. The summed E-state index contributed by atoms with van der Waals surface area (Å²) in [4.78, 5) is 0. The van der Waals surface area contributed by atoms with Crippen molar-refractivity contribution in [2.75, 3.05) is 0 Å². The summed E-state index contributed by atoms with van der Waals surface area (Å²) in [6.45, 7) is 0. The highest BCUT2D eigenvalue weighted by Gasteiger charge is 2.16. The fourth-order valence-corrected chi connectivity index (χ4v) is 3.17. The molecule has 1 nitrogen and oxygen atoms in total. The molecule has 0 saturated heterocycles. The second kappa shape index (κ2) is 5.06. The molecule has 0 aromatic heterocycles. The van der Waals surface area contributed by atoms with E-state index in [2.05, 4.69) is 22.0 Å². The first kappa shape index (κ1) is 12.8. The number of halogens is 2. The van der Waals surface area contributed by atoms with Crippen LogP contribution in [0.2, 0.25) is 0 Å². The van der Waals surface area contributed by atoms with Crippen molar-refractivity contribution >= 4 is 15.9 Å². The van der Waals surface area contributed by atoms with Gasteiger partial charge in [-0.25, -0.2) is 4.39 Å². The van der Waals surface area contributed by atoms with Crippen molar-refractivity contribution in [1.29, 1.82) is 0 Å². The Morgan fingerprint density at radius 2 is 1.79 bits per heavy atom. The number of benzene rings is 2. The van der Waals surface area contributed by atoms with Gasteiger partial charge in [0.1, 0.15) is 11.9 Å². The van der Waals surface area contributed by atoms with Crippen molar-refractivity contribution in [1.82, 2.24) is 0 Å². The van der Waals surface area contributed by atoms with Crippen LogP contribution in [0.1, 0.15) is 34.8 Å². The van der Waals surface area contributed by atoms with E-state index in [9.17, 15) is 9.50 Å². The minimum absolute atomic E-state index is 0.343. The van der Waals surface area contributed by atoms with E-state index in [0.717, 1.165) is 18.4 Å². The Kier molecular flexibility index (Phi) is 3.42. The second-order valence-corrected chi connectivity index (χ2v) is 5.90. The summed E-state index contributed by atoms with van der Waals surface area (Å²) in [7, 11) is 0. The topological polar surface area (TPSA) is 20.2 Å². The standard InChI is InChI=1S/C16H14BrFO/c17-14-7-13(8-15(18)9-14)16(19)12-5-4-10-2-1-3-11(10)6-12/h4-9,16,19H,1-3H2. The molecule has 1 aliphatic rings. The zero-order chi connectivity index (χ0) is 13.4. The molecular weight excluding hydrogens is 307 g/mol. The van der Waals surface area contributed by atoms with Gasteiger partial charge in [-0.15, -0.1) is 0 Å². The van der Waals surface area contributed by atoms with Gasteiger partial charge in [-0.1, -0.05) is 34.1 Å². The molecule has 2 aromatic carbocycles.